The van der Waals surface area contributed by atoms with Crippen molar-refractivity contribution < 1.29 is 4.74 Å². The zero-order valence-electron chi connectivity index (χ0n) is 11.5. The van der Waals surface area contributed by atoms with Crippen LogP contribution < -0.4 is 10.1 Å². The van der Waals surface area contributed by atoms with Crippen molar-refractivity contribution in [3.05, 3.63) is 50.1 Å². The van der Waals surface area contributed by atoms with Crippen LogP contribution in [-0.4, -0.2) is 13.7 Å². The first-order valence-electron chi connectivity index (χ1n) is 6.50. The van der Waals surface area contributed by atoms with Crippen molar-refractivity contribution in [2.75, 3.05) is 13.7 Å². The molecule has 0 spiro atoms. The molecule has 108 valence electrons. The van der Waals surface area contributed by atoms with Crippen molar-refractivity contribution in [1.82, 2.24) is 5.32 Å². The van der Waals surface area contributed by atoms with Crippen molar-refractivity contribution >= 4 is 34.5 Å². The Hall–Kier alpha value is -0.740. The predicted molar refractivity (Wildman–Crippen MR) is 87.5 cm³/mol. The smallest absolute Gasteiger partial charge is 0.119 e. The van der Waals surface area contributed by atoms with E-state index in [1.165, 1.54) is 11.3 Å². The van der Waals surface area contributed by atoms with E-state index in [9.17, 15) is 0 Å². The lowest BCUT2D eigenvalue weighted by Gasteiger charge is -2.16. The second-order valence-electron chi connectivity index (χ2n) is 4.42. The first-order chi connectivity index (χ1) is 9.65. The molecule has 0 bridgehead atoms. The van der Waals surface area contributed by atoms with Crippen LogP contribution in [0, 0.1) is 0 Å². The average molecular weight is 330 g/mol. The van der Waals surface area contributed by atoms with Gasteiger partial charge in [0, 0.05) is 5.56 Å². The van der Waals surface area contributed by atoms with E-state index in [1.807, 2.05) is 37.4 Å². The zero-order valence-corrected chi connectivity index (χ0v) is 13.8. The maximum atomic E-state index is 6.24. The number of rotatable bonds is 6. The molecular weight excluding hydrogens is 313 g/mol. The Labute approximate surface area is 133 Å². The fraction of sp³-hybridized carbons (Fsp3) is 0.333. The van der Waals surface area contributed by atoms with E-state index in [4.69, 9.17) is 27.9 Å². The maximum absolute atomic E-state index is 6.24. The van der Waals surface area contributed by atoms with Gasteiger partial charge in [0.2, 0.25) is 0 Å². The Morgan fingerprint density at radius 2 is 1.95 bits per heavy atom. The van der Waals surface area contributed by atoms with E-state index in [-0.39, 0.29) is 6.04 Å². The van der Waals surface area contributed by atoms with Crippen LogP contribution >= 0.6 is 34.5 Å². The summed E-state index contributed by atoms with van der Waals surface area (Å²) >= 11 is 13.6. The highest BCUT2D eigenvalue weighted by Gasteiger charge is 2.18. The SMILES string of the molecule is CCCOc1ccc(C(NC)c2cc(Cl)sc2Cl)cc1. The molecule has 0 aliphatic carbocycles. The lowest BCUT2D eigenvalue weighted by atomic mass is 10.0. The molecule has 0 saturated heterocycles. The highest BCUT2D eigenvalue weighted by molar-refractivity contribution is 7.20. The van der Waals surface area contributed by atoms with E-state index in [2.05, 4.69) is 12.2 Å². The molecule has 1 unspecified atom stereocenters. The van der Waals surface area contributed by atoms with Gasteiger partial charge in [-0.05, 0) is 37.2 Å². The summed E-state index contributed by atoms with van der Waals surface area (Å²) in [5, 5.41) is 3.27. The van der Waals surface area contributed by atoms with Gasteiger partial charge in [-0.15, -0.1) is 11.3 Å². The Bertz CT molecular complexity index is 554. The van der Waals surface area contributed by atoms with Crippen LogP contribution in [0.4, 0.5) is 0 Å². The molecule has 2 nitrogen and oxygen atoms in total. The van der Waals surface area contributed by atoms with Crippen LogP contribution in [0.1, 0.15) is 30.5 Å². The minimum Gasteiger partial charge on any atom is -0.494 e. The Morgan fingerprint density at radius 1 is 1.25 bits per heavy atom. The van der Waals surface area contributed by atoms with Crippen LogP contribution in [0.2, 0.25) is 8.67 Å². The molecule has 1 aromatic carbocycles. The molecule has 20 heavy (non-hydrogen) atoms. The van der Waals surface area contributed by atoms with Crippen LogP contribution in [-0.2, 0) is 0 Å². The number of thiophene rings is 1. The van der Waals surface area contributed by atoms with Gasteiger partial charge in [0.25, 0.3) is 0 Å². The molecule has 1 atom stereocenters. The molecule has 5 heteroatoms. The number of halogens is 2. The van der Waals surface area contributed by atoms with Crippen LogP contribution in [0.3, 0.4) is 0 Å². The summed E-state index contributed by atoms with van der Waals surface area (Å²) < 4.78 is 7.02. The van der Waals surface area contributed by atoms with Crippen molar-refractivity contribution in [2.45, 2.75) is 19.4 Å². The quantitative estimate of drug-likeness (QED) is 0.790. The van der Waals surface area contributed by atoms with Crippen molar-refractivity contribution in [2.24, 2.45) is 0 Å². The third kappa shape index (κ3) is 3.67. The topological polar surface area (TPSA) is 21.3 Å². The highest BCUT2D eigenvalue weighted by Crippen LogP contribution is 2.37. The number of hydrogen-bond acceptors (Lipinski definition) is 3. The zero-order chi connectivity index (χ0) is 14.5. The third-order valence-corrected chi connectivity index (χ3v) is 4.49. The molecule has 1 N–H and O–H groups in total. The lowest BCUT2D eigenvalue weighted by molar-refractivity contribution is 0.317. The fourth-order valence-corrected chi connectivity index (χ4v) is 3.56. The van der Waals surface area contributed by atoms with Crippen LogP contribution in [0.5, 0.6) is 5.75 Å². The van der Waals surface area contributed by atoms with Gasteiger partial charge in [-0.25, -0.2) is 0 Å². The van der Waals surface area contributed by atoms with Gasteiger partial charge in [0.1, 0.15) is 5.75 Å². The van der Waals surface area contributed by atoms with Crippen molar-refractivity contribution in [3.63, 3.8) is 0 Å². The molecule has 2 rings (SSSR count). The average Bonchev–Trinajstić information content (AvgIpc) is 2.78. The highest BCUT2D eigenvalue weighted by atomic mass is 35.5. The minimum atomic E-state index is 0.0338. The van der Waals surface area contributed by atoms with Gasteiger partial charge in [-0.1, -0.05) is 42.3 Å². The molecule has 2 aromatic rings. The molecule has 0 aliphatic heterocycles. The number of ether oxygens (including phenoxy) is 1. The molecule has 1 heterocycles. The first-order valence-corrected chi connectivity index (χ1v) is 8.07. The molecular formula is C15H17Cl2NOS. The molecule has 1 aromatic heterocycles. The van der Waals surface area contributed by atoms with Crippen molar-refractivity contribution in [3.8, 4) is 5.75 Å². The van der Waals surface area contributed by atoms with E-state index >= 15 is 0 Å². The van der Waals surface area contributed by atoms with Crippen molar-refractivity contribution in [1.29, 1.82) is 0 Å². The molecule has 0 amide bonds. The van der Waals surface area contributed by atoms with Gasteiger partial charge in [-0.2, -0.15) is 0 Å². The summed E-state index contributed by atoms with van der Waals surface area (Å²) in [6.45, 7) is 2.83. The van der Waals surface area contributed by atoms with E-state index in [1.54, 1.807) is 0 Å². The number of benzene rings is 1. The number of hydrogen-bond donors (Lipinski definition) is 1. The van der Waals surface area contributed by atoms with Crippen LogP contribution in [0.15, 0.2) is 30.3 Å². The first kappa shape index (κ1) is 15.6. The second kappa shape index (κ2) is 7.32. The second-order valence-corrected chi connectivity index (χ2v) is 6.70. The monoisotopic (exact) mass is 329 g/mol. The molecule has 0 radical (unpaired) electrons. The van der Waals surface area contributed by atoms with E-state index < -0.39 is 0 Å². The third-order valence-electron chi connectivity index (χ3n) is 2.97. The summed E-state index contributed by atoms with van der Waals surface area (Å²) in [7, 11) is 1.91. The standard InChI is InChI=1S/C15H17Cl2NOS/c1-3-8-19-11-6-4-10(5-7-11)14(18-2)12-9-13(16)20-15(12)17/h4-7,9,14,18H,3,8H2,1-2H3. The molecule has 0 aliphatic rings. The Balaban J connectivity index is 2.21. The number of nitrogens with one attached hydrogen (secondary N) is 1. The largest absolute Gasteiger partial charge is 0.494 e. The Kier molecular flexibility index (Phi) is 5.73. The van der Waals surface area contributed by atoms with Gasteiger partial charge < -0.3 is 10.1 Å². The van der Waals surface area contributed by atoms with E-state index in [0.29, 0.717) is 4.34 Å². The molecule has 0 saturated carbocycles. The maximum Gasteiger partial charge on any atom is 0.119 e. The minimum absolute atomic E-state index is 0.0338. The summed E-state index contributed by atoms with van der Waals surface area (Å²) in [4.78, 5) is 0. The fourth-order valence-electron chi connectivity index (χ4n) is 2.03. The summed E-state index contributed by atoms with van der Waals surface area (Å²) in [5.74, 6) is 0.889. The Morgan fingerprint density at radius 3 is 2.45 bits per heavy atom. The molecule has 0 fully saturated rings. The van der Waals surface area contributed by atoms with Gasteiger partial charge in [-0.3, -0.25) is 0 Å². The summed E-state index contributed by atoms with van der Waals surface area (Å²) in [6, 6.07) is 10.0. The summed E-state index contributed by atoms with van der Waals surface area (Å²) in [6.07, 6.45) is 1.00. The normalized spacial score (nSPS) is 12.4. The van der Waals surface area contributed by atoms with Crippen LogP contribution in [0.25, 0.3) is 0 Å². The van der Waals surface area contributed by atoms with Gasteiger partial charge in [0.15, 0.2) is 0 Å². The predicted octanol–water partition coefficient (Wildman–Crippen LogP) is 5.15. The lowest BCUT2D eigenvalue weighted by Crippen LogP contribution is -2.17. The van der Waals surface area contributed by atoms with Gasteiger partial charge >= 0.3 is 0 Å². The van der Waals surface area contributed by atoms with Gasteiger partial charge in [0.05, 0.1) is 21.3 Å². The van der Waals surface area contributed by atoms with E-state index in [0.717, 1.165) is 34.2 Å². The summed E-state index contributed by atoms with van der Waals surface area (Å²) in [5.41, 5.74) is 2.14.